The van der Waals surface area contributed by atoms with Crippen molar-refractivity contribution in [1.82, 2.24) is 5.32 Å². The lowest BCUT2D eigenvalue weighted by molar-refractivity contribution is -0.385. The zero-order valence-corrected chi connectivity index (χ0v) is 13.9. The van der Waals surface area contributed by atoms with E-state index in [0.29, 0.717) is 6.42 Å². The van der Waals surface area contributed by atoms with Gasteiger partial charge in [0.15, 0.2) is 6.61 Å². The van der Waals surface area contributed by atoms with Crippen LogP contribution >= 0.6 is 0 Å². The van der Waals surface area contributed by atoms with Crippen LogP contribution in [0, 0.1) is 15.9 Å². The number of nitrogens with zero attached hydrogens (tertiary/aromatic N) is 1. The SMILES string of the molecule is O=C(COc1cc(F)ccc1[N+](=O)[O-])NCCc1ccc(OC(F)F)cc1. The zero-order valence-electron chi connectivity index (χ0n) is 13.9. The second-order valence-electron chi connectivity index (χ2n) is 5.28. The zero-order chi connectivity index (χ0) is 19.8. The minimum absolute atomic E-state index is 0.0304. The fourth-order valence-electron chi connectivity index (χ4n) is 2.13. The molecule has 144 valence electrons. The number of hydrogen-bond donors (Lipinski definition) is 1. The van der Waals surface area contributed by atoms with Crippen molar-refractivity contribution < 1.29 is 32.4 Å². The number of alkyl halides is 2. The van der Waals surface area contributed by atoms with Gasteiger partial charge in [-0.15, -0.1) is 0 Å². The van der Waals surface area contributed by atoms with E-state index in [2.05, 4.69) is 10.1 Å². The predicted octanol–water partition coefficient (Wildman–Crippen LogP) is 3.07. The summed E-state index contributed by atoms with van der Waals surface area (Å²) in [5, 5.41) is 13.4. The molecular weight excluding hydrogens is 369 g/mol. The predicted molar refractivity (Wildman–Crippen MR) is 88.3 cm³/mol. The molecule has 27 heavy (non-hydrogen) atoms. The molecule has 0 bridgehead atoms. The number of carbonyl (C=O) groups is 1. The van der Waals surface area contributed by atoms with Gasteiger partial charge in [-0.2, -0.15) is 8.78 Å². The number of carbonyl (C=O) groups excluding carboxylic acids is 1. The van der Waals surface area contributed by atoms with Crippen LogP contribution in [0.4, 0.5) is 18.9 Å². The number of nitro benzene ring substituents is 1. The van der Waals surface area contributed by atoms with Crippen LogP contribution in [0.15, 0.2) is 42.5 Å². The molecule has 0 fully saturated rings. The van der Waals surface area contributed by atoms with Gasteiger partial charge < -0.3 is 14.8 Å². The van der Waals surface area contributed by atoms with Gasteiger partial charge in [-0.05, 0) is 30.2 Å². The van der Waals surface area contributed by atoms with Crippen LogP contribution in [0.5, 0.6) is 11.5 Å². The first-order valence-electron chi connectivity index (χ1n) is 7.72. The number of benzene rings is 2. The van der Waals surface area contributed by atoms with Crippen molar-refractivity contribution >= 4 is 11.6 Å². The van der Waals surface area contributed by atoms with Gasteiger partial charge in [0.1, 0.15) is 11.6 Å². The highest BCUT2D eigenvalue weighted by molar-refractivity contribution is 5.77. The third-order valence-corrected chi connectivity index (χ3v) is 3.36. The monoisotopic (exact) mass is 384 g/mol. The summed E-state index contributed by atoms with van der Waals surface area (Å²) in [4.78, 5) is 21.8. The molecular formula is C17H15F3N2O5. The van der Waals surface area contributed by atoms with Crippen molar-refractivity contribution in [3.8, 4) is 11.5 Å². The fourth-order valence-corrected chi connectivity index (χ4v) is 2.13. The molecule has 1 amide bonds. The Balaban J connectivity index is 1.78. The number of hydrogen-bond acceptors (Lipinski definition) is 5. The lowest BCUT2D eigenvalue weighted by Crippen LogP contribution is -2.30. The molecule has 2 rings (SSSR count). The average Bonchev–Trinajstić information content (AvgIpc) is 2.61. The van der Waals surface area contributed by atoms with Gasteiger partial charge in [-0.3, -0.25) is 14.9 Å². The molecule has 2 aromatic carbocycles. The molecule has 0 radical (unpaired) electrons. The van der Waals surface area contributed by atoms with Gasteiger partial charge in [0, 0.05) is 18.7 Å². The molecule has 10 heteroatoms. The molecule has 7 nitrogen and oxygen atoms in total. The minimum atomic E-state index is -2.90. The molecule has 0 aliphatic rings. The summed E-state index contributed by atoms with van der Waals surface area (Å²) >= 11 is 0. The van der Waals surface area contributed by atoms with Gasteiger partial charge in [-0.25, -0.2) is 4.39 Å². The molecule has 0 aliphatic heterocycles. The van der Waals surface area contributed by atoms with E-state index in [1.807, 2.05) is 0 Å². The van der Waals surface area contributed by atoms with Crippen molar-refractivity contribution in [2.75, 3.05) is 13.2 Å². The lowest BCUT2D eigenvalue weighted by Gasteiger charge is -2.09. The summed E-state index contributed by atoms with van der Waals surface area (Å²) < 4.78 is 46.5. The molecule has 0 heterocycles. The topological polar surface area (TPSA) is 90.7 Å². The Labute approximate surface area is 151 Å². The number of rotatable bonds is 9. The van der Waals surface area contributed by atoms with Crippen LogP contribution in [-0.4, -0.2) is 30.6 Å². The number of ether oxygens (including phenoxy) is 2. The summed E-state index contributed by atoms with van der Waals surface area (Å²) in [6.07, 6.45) is 0.417. The van der Waals surface area contributed by atoms with Crippen LogP contribution in [0.25, 0.3) is 0 Å². The van der Waals surface area contributed by atoms with E-state index in [1.165, 1.54) is 12.1 Å². The second kappa shape index (κ2) is 9.41. The Bertz CT molecular complexity index is 800. The highest BCUT2D eigenvalue weighted by Crippen LogP contribution is 2.27. The molecule has 0 unspecified atom stereocenters. The molecule has 0 aliphatic carbocycles. The summed E-state index contributed by atoms with van der Waals surface area (Å²) in [7, 11) is 0. The Morgan fingerprint density at radius 1 is 1.19 bits per heavy atom. The molecule has 0 atom stereocenters. The second-order valence-corrected chi connectivity index (χ2v) is 5.28. The van der Waals surface area contributed by atoms with Crippen LogP contribution in [-0.2, 0) is 11.2 Å². The molecule has 2 aromatic rings. The lowest BCUT2D eigenvalue weighted by atomic mass is 10.1. The molecule has 0 saturated carbocycles. The number of halogens is 3. The Morgan fingerprint density at radius 2 is 1.89 bits per heavy atom. The summed E-state index contributed by atoms with van der Waals surface area (Å²) in [5.41, 5.74) is 0.328. The van der Waals surface area contributed by atoms with Gasteiger partial charge in [-0.1, -0.05) is 12.1 Å². The summed E-state index contributed by atoms with van der Waals surface area (Å²) in [6.45, 7) is -3.20. The third-order valence-electron chi connectivity index (χ3n) is 3.36. The normalized spacial score (nSPS) is 10.5. The first-order chi connectivity index (χ1) is 12.8. The van der Waals surface area contributed by atoms with Gasteiger partial charge in [0.25, 0.3) is 5.91 Å². The van der Waals surface area contributed by atoms with E-state index < -0.39 is 35.6 Å². The van der Waals surface area contributed by atoms with E-state index in [4.69, 9.17) is 4.74 Å². The van der Waals surface area contributed by atoms with Crippen molar-refractivity contribution in [1.29, 1.82) is 0 Å². The highest BCUT2D eigenvalue weighted by Gasteiger charge is 2.17. The Kier molecular flexibility index (Phi) is 6.98. The largest absolute Gasteiger partial charge is 0.477 e. The van der Waals surface area contributed by atoms with Gasteiger partial charge in [0.05, 0.1) is 4.92 Å². The van der Waals surface area contributed by atoms with Crippen LogP contribution in [0.3, 0.4) is 0 Å². The fraction of sp³-hybridized carbons (Fsp3) is 0.235. The third kappa shape index (κ3) is 6.49. The smallest absolute Gasteiger partial charge is 0.387 e. The van der Waals surface area contributed by atoms with E-state index in [1.54, 1.807) is 12.1 Å². The van der Waals surface area contributed by atoms with Crippen molar-refractivity contribution in [2.24, 2.45) is 0 Å². The van der Waals surface area contributed by atoms with Crippen LogP contribution < -0.4 is 14.8 Å². The molecule has 0 aromatic heterocycles. The quantitative estimate of drug-likeness (QED) is 0.530. The first-order valence-corrected chi connectivity index (χ1v) is 7.72. The standard InChI is InChI=1S/C17H15F3N2O5/c18-12-3-6-14(22(24)25)15(9-12)26-10-16(23)21-8-7-11-1-4-13(5-2-11)27-17(19)20/h1-6,9,17H,7-8,10H2,(H,21,23). The van der Waals surface area contributed by atoms with Gasteiger partial charge in [0.2, 0.25) is 5.75 Å². The minimum Gasteiger partial charge on any atom is -0.477 e. The van der Waals surface area contributed by atoms with Crippen molar-refractivity contribution in [3.63, 3.8) is 0 Å². The van der Waals surface area contributed by atoms with E-state index in [0.717, 1.165) is 23.8 Å². The van der Waals surface area contributed by atoms with Crippen molar-refractivity contribution in [2.45, 2.75) is 13.0 Å². The summed E-state index contributed by atoms with van der Waals surface area (Å²) in [5.74, 6) is -1.59. The molecule has 0 saturated heterocycles. The first kappa shape index (κ1) is 20.0. The van der Waals surface area contributed by atoms with Crippen LogP contribution in [0.1, 0.15) is 5.56 Å². The molecule has 1 N–H and O–H groups in total. The van der Waals surface area contributed by atoms with E-state index >= 15 is 0 Å². The highest BCUT2D eigenvalue weighted by atomic mass is 19.3. The number of amides is 1. The van der Waals surface area contributed by atoms with E-state index in [9.17, 15) is 28.1 Å². The summed E-state index contributed by atoms with van der Waals surface area (Å²) in [6, 6.07) is 8.62. The Hall–Kier alpha value is -3.30. The maximum Gasteiger partial charge on any atom is 0.387 e. The number of nitrogens with one attached hydrogen (secondary N) is 1. The van der Waals surface area contributed by atoms with Gasteiger partial charge >= 0.3 is 12.3 Å². The maximum absolute atomic E-state index is 13.2. The molecule has 0 spiro atoms. The Morgan fingerprint density at radius 3 is 2.52 bits per heavy atom. The van der Waals surface area contributed by atoms with E-state index in [-0.39, 0.29) is 18.0 Å². The number of nitro groups is 1. The van der Waals surface area contributed by atoms with Crippen molar-refractivity contribution in [3.05, 3.63) is 64.0 Å². The van der Waals surface area contributed by atoms with Crippen LogP contribution in [0.2, 0.25) is 0 Å². The average molecular weight is 384 g/mol. The maximum atomic E-state index is 13.2.